The van der Waals surface area contributed by atoms with Crippen LogP contribution in [0.4, 0.5) is 4.39 Å². The lowest BCUT2D eigenvalue weighted by molar-refractivity contribution is 0.0728. The Labute approximate surface area is 178 Å². The van der Waals surface area contributed by atoms with Gasteiger partial charge in [0.1, 0.15) is 11.4 Å². The maximum absolute atomic E-state index is 14.8. The molecule has 1 amide bonds. The fraction of sp³-hybridized carbons (Fsp3) is 0.154. The van der Waals surface area contributed by atoms with Crippen molar-refractivity contribution >= 4 is 16.9 Å². The van der Waals surface area contributed by atoms with Crippen LogP contribution in [0, 0.1) is 12.7 Å². The SMILES string of the molecule is Cc1ccc2oc3c(c(=O)c2c1)C(c1ccccc1F)N(CCc1ccccc1)C3=O. The molecule has 0 radical (unpaired) electrons. The van der Waals surface area contributed by atoms with Crippen LogP contribution in [0.1, 0.15) is 38.9 Å². The Bertz CT molecular complexity index is 1360. The van der Waals surface area contributed by atoms with E-state index in [1.807, 2.05) is 43.3 Å². The van der Waals surface area contributed by atoms with Gasteiger partial charge in [-0.2, -0.15) is 0 Å². The average Bonchev–Trinajstić information content (AvgIpc) is 3.06. The quantitative estimate of drug-likeness (QED) is 0.472. The minimum absolute atomic E-state index is 0.00247. The summed E-state index contributed by atoms with van der Waals surface area (Å²) in [6, 6.07) is 20.5. The second-order valence-electron chi connectivity index (χ2n) is 7.83. The van der Waals surface area contributed by atoms with Gasteiger partial charge in [0.2, 0.25) is 5.76 Å². The fourth-order valence-electron chi connectivity index (χ4n) is 4.28. The van der Waals surface area contributed by atoms with E-state index in [2.05, 4.69) is 0 Å². The topological polar surface area (TPSA) is 50.5 Å². The van der Waals surface area contributed by atoms with Crippen LogP contribution in [0.3, 0.4) is 0 Å². The molecule has 1 aliphatic rings. The molecule has 31 heavy (non-hydrogen) atoms. The van der Waals surface area contributed by atoms with Crippen molar-refractivity contribution in [3.8, 4) is 0 Å². The zero-order chi connectivity index (χ0) is 21.5. The first-order valence-electron chi connectivity index (χ1n) is 10.2. The molecule has 0 saturated carbocycles. The molecular weight excluding hydrogens is 393 g/mol. The predicted octanol–water partition coefficient (Wildman–Crippen LogP) is 5.03. The van der Waals surface area contributed by atoms with Crippen molar-refractivity contribution in [2.24, 2.45) is 0 Å². The zero-order valence-corrected chi connectivity index (χ0v) is 17.0. The Kier molecular flexibility index (Phi) is 4.66. The van der Waals surface area contributed by atoms with Gasteiger partial charge >= 0.3 is 0 Å². The number of carbonyl (C=O) groups excluding carboxylic acids is 1. The lowest BCUT2D eigenvalue weighted by Crippen LogP contribution is -2.32. The number of halogens is 1. The predicted molar refractivity (Wildman–Crippen MR) is 117 cm³/mol. The summed E-state index contributed by atoms with van der Waals surface area (Å²) in [4.78, 5) is 28.4. The monoisotopic (exact) mass is 413 g/mol. The molecule has 1 aliphatic heterocycles. The Morgan fingerprint density at radius 3 is 2.48 bits per heavy atom. The minimum Gasteiger partial charge on any atom is -0.450 e. The molecule has 0 fully saturated rings. The molecule has 2 heterocycles. The van der Waals surface area contributed by atoms with Gasteiger partial charge in [0.25, 0.3) is 5.91 Å². The smallest absolute Gasteiger partial charge is 0.290 e. The number of hydrogen-bond donors (Lipinski definition) is 0. The minimum atomic E-state index is -0.825. The summed E-state index contributed by atoms with van der Waals surface area (Å²) in [6.45, 7) is 2.22. The first-order valence-corrected chi connectivity index (χ1v) is 10.2. The largest absolute Gasteiger partial charge is 0.450 e. The van der Waals surface area contributed by atoms with Crippen molar-refractivity contribution in [1.82, 2.24) is 4.90 Å². The molecule has 0 N–H and O–H groups in total. The summed E-state index contributed by atoms with van der Waals surface area (Å²) < 4.78 is 20.8. The third kappa shape index (κ3) is 3.22. The second kappa shape index (κ2) is 7.51. The van der Waals surface area contributed by atoms with Gasteiger partial charge in [0.05, 0.1) is 17.0 Å². The molecule has 3 aromatic carbocycles. The van der Waals surface area contributed by atoms with E-state index in [-0.39, 0.29) is 16.8 Å². The van der Waals surface area contributed by atoms with Gasteiger partial charge in [-0.15, -0.1) is 0 Å². The summed E-state index contributed by atoms with van der Waals surface area (Å²) in [6.07, 6.45) is 0.582. The molecule has 4 nitrogen and oxygen atoms in total. The summed E-state index contributed by atoms with van der Waals surface area (Å²) in [5, 5.41) is 0.401. The molecule has 4 aromatic rings. The average molecular weight is 413 g/mol. The Hall–Kier alpha value is -3.73. The third-order valence-electron chi connectivity index (χ3n) is 5.81. The summed E-state index contributed by atoms with van der Waals surface area (Å²) in [5.74, 6) is -0.844. The summed E-state index contributed by atoms with van der Waals surface area (Å²) >= 11 is 0. The number of hydrogen-bond acceptors (Lipinski definition) is 3. The van der Waals surface area contributed by atoms with Crippen LogP contribution in [-0.2, 0) is 6.42 Å². The van der Waals surface area contributed by atoms with Crippen molar-refractivity contribution in [1.29, 1.82) is 0 Å². The fourth-order valence-corrected chi connectivity index (χ4v) is 4.28. The van der Waals surface area contributed by atoms with Gasteiger partial charge in [-0.25, -0.2) is 4.39 Å². The molecule has 0 saturated heterocycles. The standard InChI is InChI=1S/C26H20FNO3/c1-16-11-12-21-19(15-16)24(29)22-23(18-9-5-6-10-20(18)27)28(26(30)25(22)31-21)14-13-17-7-3-2-4-8-17/h2-12,15,23H,13-14H2,1H3. The number of fused-ring (bicyclic) bond motifs is 2. The van der Waals surface area contributed by atoms with Crippen molar-refractivity contribution in [2.75, 3.05) is 6.54 Å². The van der Waals surface area contributed by atoms with Gasteiger partial charge in [0, 0.05) is 12.1 Å². The van der Waals surface area contributed by atoms with Crippen LogP contribution in [0.2, 0.25) is 0 Å². The number of nitrogens with zero attached hydrogens (tertiary/aromatic N) is 1. The van der Waals surface area contributed by atoms with E-state index in [4.69, 9.17) is 4.42 Å². The Morgan fingerprint density at radius 2 is 1.71 bits per heavy atom. The highest BCUT2D eigenvalue weighted by Crippen LogP contribution is 2.39. The van der Waals surface area contributed by atoms with E-state index in [1.165, 1.54) is 6.07 Å². The number of aryl methyl sites for hydroxylation is 1. The lowest BCUT2D eigenvalue weighted by Gasteiger charge is -2.25. The van der Waals surface area contributed by atoms with E-state index < -0.39 is 17.8 Å². The molecule has 1 atom stereocenters. The second-order valence-corrected chi connectivity index (χ2v) is 7.83. The number of rotatable bonds is 4. The van der Waals surface area contributed by atoms with Gasteiger partial charge in [-0.1, -0.05) is 60.2 Å². The Balaban J connectivity index is 1.68. The van der Waals surface area contributed by atoms with Gasteiger partial charge in [-0.05, 0) is 37.1 Å². The molecule has 5 heteroatoms. The van der Waals surface area contributed by atoms with Crippen molar-refractivity contribution in [2.45, 2.75) is 19.4 Å². The lowest BCUT2D eigenvalue weighted by atomic mass is 9.97. The van der Waals surface area contributed by atoms with E-state index in [0.29, 0.717) is 29.5 Å². The van der Waals surface area contributed by atoms with Crippen molar-refractivity contribution < 1.29 is 13.6 Å². The van der Waals surface area contributed by atoms with Crippen LogP contribution in [-0.4, -0.2) is 17.4 Å². The molecule has 154 valence electrons. The summed E-state index contributed by atoms with van der Waals surface area (Å²) in [5.41, 5.74) is 2.54. The van der Waals surface area contributed by atoms with Crippen LogP contribution in [0.25, 0.3) is 11.0 Å². The first-order chi connectivity index (χ1) is 15.0. The highest BCUT2D eigenvalue weighted by atomic mass is 19.1. The highest BCUT2D eigenvalue weighted by molar-refractivity contribution is 5.99. The van der Waals surface area contributed by atoms with Crippen LogP contribution < -0.4 is 5.43 Å². The zero-order valence-electron chi connectivity index (χ0n) is 17.0. The maximum Gasteiger partial charge on any atom is 0.290 e. The van der Waals surface area contributed by atoms with Gasteiger partial charge in [-0.3, -0.25) is 9.59 Å². The summed E-state index contributed by atoms with van der Waals surface area (Å²) in [7, 11) is 0. The first kappa shape index (κ1) is 19.2. The van der Waals surface area contributed by atoms with Gasteiger partial charge in [0.15, 0.2) is 5.43 Å². The van der Waals surface area contributed by atoms with Crippen molar-refractivity contribution in [3.05, 3.63) is 117 Å². The molecule has 5 rings (SSSR count). The molecule has 0 aliphatic carbocycles. The van der Waals surface area contributed by atoms with Crippen LogP contribution >= 0.6 is 0 Å². The maximum atomic E-state index is 14.8. The number of benzene rings is 3. The van der Waals surface area contributed by atoms with Crippen LogP contribution in [0.5, 0.6) is 0 Å². The molecular formula is C26H20FNO3. The van der Waals surface area contributed by atoms with Crippen molar-refractivity contribution in [3.63, 3.8) is 0 Å². The Morgan fingerprint density at radius 1 is 0.968 bits per heavy atom. The molecule has 1 unspecified atom stereocenters. The third-order valence-corrected chi connectivity index (χ3v) is 5.81. The molecule has 0 bridgehead atoms. The van der Waals surface area contributed by atoms with E-state index >= 15 is 0 Å². The normalized spacial score (nSPS) is 15.5. The molecule has 1 aromatic heterocycles. The molecule has 0 spiro atoms. The van der Waals surface area contributed by atoms with E-state index in [9.17, 15) is 14.0 Å². The number of carbonyl (C=O) groups is 1. The highest BCUT2D eigenvalue weighted by Gasteiger charge is 2.43. The number of amides is 1. The van der Waals surface area contributed by atoms with Crippen LogP contribution in [0.15, 0.2) is 82.0 Å². The van der Waals surface area contributed by atoms with E-state index in [1.54, 1.807) is 35.2 Å². The van der Waals surface area contributed by atoms with E-state index in [0.717, 1.165) is 11.1 Å². The van der Waals surface area contributed by atoms with Gasteiger partial charge < -0.3 is 9.32 Å².